The van der Waals surface area contributed by atoms with E-state index in [1.807, 2.05) is 0 Å². The van der Waals surface area contributed by atoms with Gasteiger partial charge < -0.3 is 10.6 Å². The van der Waals surface area contributed by atoms with Gasteiger partial charge in [-0.15, -0.1) is 0 Å². The van der Waals surface area contributed by atoms with Gasteiger partial charge in [0.1, 0.15) is 5.82 Å². The van der Waals surface area contributed by atoms with Crippen LogP contribution >= 0.6 is 11.6 Å². The van der Waals surface area contributed by atoms with Crippen molar-refractivity contribution < 1.29 is 4.79 Å². The van der Waals surface area contributed by atoms with E-state index in [1.54, 1.807) is 6.07 Å². The van der Waals surface area contributed by atoms with Crippen molar-refractivity contribution in [2.24, 2.45) is 5.92 Å². The van der Waals surface area contributed by atoms with Gasteiger partial charge >= 0.3 is 0 Å². The zero-order chi connectivity index (χ0) is 13.1. The molecule has 0 spiro atoms. The van der Waals surface area contributed by atoms with Crippen LogP contribution in [0.2, 0.25) is 5.02 Å². The number of carbonyl (C=O) groups excluding carboxylic acids is 1. The maximum atomic E-state index is 12.0. The average Bonchev–Trinajstić information content (AvgIpc) is 3.03. The van der Waals surface area contributed by atoms with Crippen molar-refractivity contribution in [3.63, 3.8) is 0 Å². The Labute approximate surface area is 112 Å². The third-order valence-corrected chi connectivity index (χ3v) is 3.38. The number of nitrogens with zero attached hydrogens (tertiary/aromatic N) is 1. The van der Waals surface area contributed by atoms with E-state index in [9.17, 15) is 4.79 Å². The first-order chi connectivity index (χ1) is 8.61. The second-order valence-electron chi connectivity index (χ2n) is 4.77. The van der Waals surface area contributed by atoms with E-state index >= 15 is 0 Å². The summed E-state index contributed by atoms with van der Waals surface area (Å²) in [7, 11) is 0. The van der Waals surface area contributed by atoms with Crippen molar-refractivity contribution >= 4 is 23.3 Å². The Balaban J connectivity index is 2.07. The van der Waals surface area contributed by atoms with Crippen molar-refractivity contribution in [1.29, 1.82) is 0 Å². The normalized spacial score (nSPS) is 21.5. The number of anilines is 1. The van der Waals surface area contributed by atoms with E-state index in [0.717, 1.165) is 19.4 Å². The third-order valence-electron chi connectivity index (χ3n) is 3.08. The largest absolute Gasteiger partial charge is 0.370 e. The van der Waals surface area contributed by atoms with Crippen molar-refractivity contribution in [1.82, 2.24) is 10.3 Å². The number of nitrogens with one attached hydrogen (secondary N) is 2. The van der Waals surface area contributed by atoms with Crippen LogP contribution in [-0.4, -0.2) is 23.5 Å². The van der Waals surface area contributed by atoms with E-state index < -0.39 is 0 Å². The number of hydrogen-bond donors (Lipinski definition) is 2. The Morgan fingerprint density at radius 1 is 1.61 bits per heavy atom. The van der Waals surface area contributed by atoms with Crippen LogP contribution in [0.4, 0.5) is 5.82 Å². The number of aromatic nitrogens is 1. The zero-order valence-corrected chi connectivity index (χ0v) is 11.4. The molecule has 1 aromatic heterocycles. The summed E-state index contributed by atoms with van der Waals surface area (Å²) in [6, 6.07) is 2.01. The van der Waals surface area contributed by atoms with Crippen LogP contribution in [0.25, 0.3) is 0 Å². The molecule has 0 aliphatic heterocycles. The van der Waals surface area contributed by atoms with Gasteiger partial charge in [-0.3, -0.25) is 4.79 Å². The Morgan fingerprint density at radius 2 is 2.33 bits per heavy atom. The molecule has 1 amide bonds. The number of hydrogen-bond acceptors (Lipinski definition) is 3. The smallest absolute Gasteiger partial charge is 0.253 e. The molecule has 0 saturated heterocycles. The fourth-order valence-electron chi connectivity index (χ4n) is 1.73. The summed E-state index contributed by atoms with van der Waals surface area (Å²) in [6.07, 6.45) is 3.57. The van der Waals surface area contributed by atoms with Crippen LogP contribution in [0.1, 0.15) is 37.0 Å². The molecule has 18 heavy (non-hydrogen) atoms. The molecule has 2 N–H and O–H groups in total. The number of carbonyl (C=O) groups is 1. The fourth-order valence-corrected chi connectivity index (χ4v) is 1.92. The topological polar surface area (TPSA) is 54.0 Å². The quantitative estimate of drug-likeness (QED) is 0.862. The first-order valence-electron chi connectivity index (χ1n) is 6.32. The molecule has 1 fully saturated rings. The molecule has 1 heterocycles. The lowest BCUT2D eigenvalue weighted by Gasteiger charge is -2.09. The fraction of sp³-hybridized carbons (Fsp3) is 0.538. The Bertz CT molecular complexity index is 450. The van der Waals surface area contributed by atoms with E-state index in [2.05, 4.69) is 29.5 Å². The SMILES string of the molecule is CCCNc1cc(C(=O)NC2CC2C)c(Cl)cn1. The molecular weight excluding hydrogens is 250 g/mol. The van der Waals surface area contributed by atoms with Crippen molar-refractivity contribution in [3.8, 4) is 0 Å². The highest BCUT2D eigenvalue weighted by molar-refractivity contribution is 6.33. The number of halogens is 1. The molecule has 0 aromatic carbocycles. The molecule has 2 rings (SSSR count). The minimum atomic E-state index is -0.115. The molecular formula is C13H18ClN3O. The first kappa shape index (κ1) is 13.1. The van der Waals surface area contributed by atoms with E-state index in [0.29, 0.717) is 28.4 Å². The highest BCUT2D eigenvalue weighted by Gasteiger charge is 2.34. The van der Waals surface area contributed by atoms with Crippen molar-refractivity contribution in [2.75, 3.05) is 11.9 Å². The Morgan fingerprint density at radius 3 is 2.94 bits per heavy atom. The third kappa shape index (κ3) is 3.13. The van der Waals surface area contributed by atoms with Crippen LogP contribution in [0.3, 0.4) is 0 Å². The van der Waals surface area contributed by atoms with Crippen LogP contribution in [0, 0.1) is 5.92 Å². The van der Waals surface area contributed by atoms with Crippen LogP contribution in [0.15, 0.2) is 12.3 Å². The molecule has 1 aliphatic carbocycles. The maximum absolute atomic E-state index is 12.0. The van der Waals surface area contributed by atoms with Gasteiger partial charge in [-0.1, -0.05) is 25.4 Å². The van der Waals surface area contributed by atoms with Gasteiger partial charge in [0.2, 0.25) is 0 Å². The lowest BCUT2D eigenvalue weighted by atomic mass is 10.2. The van der Waals surface area contributed by atoms with Crippen molar-refractivity contribution in [2.45, 2.75) is 32.7 Å². The maximum Gasteiger partial charge on any atom is 0.253 e. The van der Waals surface area contributed by atoms with Gasteiger partial charge in [-0.05, 0) is 24.8 Å². The summed E-state index contributed by atoms with van der Waals surface area (Å²) in [6.45, 7) is 5.02. The summed E-state index contributed by atoms with van der Waals surface area (Å²) >= 11 is 6.01. The number of amides is 1. The molecule has 1 saturated carbocycles. The van der Waals surface area contributed by atoms with Gasteiger partial charge in [0.15, 0.2) is 0 Å². The number of rotatable bonds is 5. The standard InChI is InChI=1S/C13H18ClN3O/c1-3-4-15-12-6-9(10(14)7-16-12)13(18)17-11-5-8(11)2/h6-8,11H,3-5H2,1-2H3,(H,15,16)(H,17,18). The van der Waals surface area contributed by atoms with Crippen LogP contribution < -0.4 is 10.6 Å². The second kappa shape index (κ2) is 5.57. The van der Waals surface area contributed by atoms with Crippen molar-refractivity contribution in [3.05, 3.63) is 22.8 Å². The van der Waals surface area contributed by atoms with Crippen LogP contribution in [0.5, 0.6) is 0 Å². The summed E-state index contributed by atoms with van der Waals surface area (Å²) < 4.78 is 0. The Kier molecular flexibility index (Phi) is 4.07. The monoisotopic (exact) mass is 267 g/mol. The lowest BCUT2D eigenvalue weighted by Crippen LogP contribution is -2.27. The summed E-state index contributed by atoms with van der Waals surface area (Å²) in [4.78, 5) is 16.2. The van der Waals surface area contributed by atoms with Gasteiger partial charge in [-0.2, -0.15) is 0 Å². The molecule has 0 radical (unpaired) electrons. The summed E-state index contributed by atoms with van der Waals surface area (Å²) in [5.41, 5.74) is 0.490. The van der Waals surface area contributed by atoms with Gasteiger partial charge in [0.05, 0.1) is 10.6 Å². The molecule has 4 nitrogen and oxygen atoms in total. The number of pyridine rings is 1. The van der Waals surface area contributed by atoms with E-state index in [-0.39, 0.29) is 5.91 Å². The predicted molar refractivity (Wildman–Crippen MR) is 73.1 cm³/mol. The van der Waals surface area contributed by atoms with Gasteiger partial charge in [0.25, 0.3) is 5.91 Å². The minimum Gasteiger partial charge on any atom is -0.370 e. The summed E-state index contributed by atoms with van der Waals surface area (Å²) in [5, 5.41) is 6.50. The predicted octanol–water partition coefficient (Wildman–Crippen LogP) is 2.70. The first-order valence-corrected chi connectivity index (χ1v) is 6.70. The molecule has 2 atom stereocenters. The average molecular weight is 268 g/mol. The minimum absolute atomic E-state index is 0.115. The highest BCUT2D eigenvalue weighted by atomic mass is 35.5. The molecule has 1 aliphatic rings. The second-order valence-corrected chi connectivity index (χ2v) is 5.18. The molecule has 2 unspecified atom stereocenters. The zero-order valence-electron chi connectivity index (χ0n) is 10.7. The van der Waals surface area contributed by atoms with Gasteiger partial charge in [-0.25, -0.2) is 4.98 Å². The Hall–Kier alpha value is -1.29. The molecule has 98 valence electrons. The van der Waals surface area contributed by atoms with Gasteiger partial charge in [0, 0.05) is 18.8 Å². The van der Waals surface area contributed by atoms with E-state index in [4.69, 9.17) is 11.6 Å². The molecule has 1 aromatic rings. The van der Waals surface area contributed by atoms with Crippen LogP contribution in [-0.2, 0) is 0 Å². The summed E-state index contributed by atoms with van der Waals surface area (Å²) in [5.74, 6) is 1.15. The molecule has 0 bridgehead atoms. The highest BCUT2D eigenvalue weighted by Crippen LogP contribution is 2.29. The van der Waals surface area contributed by atoms with E-state index in [1.165, 1.54) is 6.20 Å². The molecule has 5 heteroatoms. The lowest BCUT2D eigenvalue weighted by molar-refractivity contribution is 0.0949.